The van der Waals surface area contributed by atoms with Crippen molar-refractivity contribution >= 4 is 23.4 Å². The van der Waals surface area contributed by atoms with E-state index in [1.165, 1.54) is 18.2 Å². The quantitative estimate of drug-likeness (QED) is 0.912. The minimum absolute atomic E-state index is 0.0664. The van der Waals surface area contributed by atoms with Gasteiger partial charge in [-0.1, -0.05) is 17.7 Å². The maximum Gasteiger partial charge on any atom is 0.356 e. The highest BCUT2D eigenvalue weighted by molar-refractivity contribution is 6.31. The van der Waals surface area contributed by atoms with Crippen molar-refractivity contribution < 1.29 is 14.3 Å². The van der Waals surface area contributed by atoms with Crippen molar-refractivity contribution in [3.8, 4) is 0 Å². The standard InChI is InChI=1S/C16H16ClFN4O2/c17-13-9-12(18)2-1-11(13)10-21-5-7-22(8-6-21)15-4-3-14(16(23)24)19-20-15/h1-4,9H,5-8,10H2,(H,23,24). The minimum Gasteiger partial charge on any atom is -0.476 e. The molecule has 1 aliphatic heterocycles. The molecule has 0 radical (unpaired) electrons. The summed E-state index contributed by atoms with van der Waals surface area (Å²) >= 11 is 6.07. The molecular formula is C16H16ClFN4O2. The van der Waals surface area contributed by atoms with Crippen LogP contribution in [-0.4, -0.2) is 52.4 Å². The molecule has 0 bridgehead atoms. The molecule has 2 heterocycles. The molecule has 6 nitrogen and oxygen atoms in total. The fourth-order valence-corrected chi connectivity index (χ4v) is 2.86. The lowest BCUT2D eigenvalue weighted by molar-refractivity contribution is 0.0689. The molecule has 1 N–H and O–H groups in total. The summed E-state index contributed by atoms with van der Waals surface area (Å²) in [6.45, 7) is 3.77. The Bertz CT molecular complexity index is 733. The van der Waals surface area contributed by atoms with Crippen molar-refractivity contribution in [3.63, 3.8) is 0 Å². The second-order valence-corrected chi connectivity index (χ2v) is 5.99. The number of aromatic carboxylic acids is 1. The maximum absolute atomic E-state index is 13.1. The lowest BCUT2D eigenvalue weighted by atomic mass is 10.2. The van der Waals surface area contributed by atoms with Crippen LogP contribution in [0.25, 0.3) is 0 Å². The molecule has 0 aliphatic carbocycles. The zero-order valence-electron chi connectivity index (χ0n) is 12.8. The average Bonchev–Trinajstić information content (AvgIpc) is 2.58. The molecule has 0 saturated carbocycles. The van der Waals surface area contributed by atoms with Crippen LogP contribution >= 0.6 is 11.6 Å². The average molecular weight is 351 g/mol. The number of carbonyl (C=O) groups is 1. The molecule has 2 aromatic rings. The number of hydrogen-bond donors (Lipinski definition) is 1. The number of piperazine rings is 1. The van der Waals surface area contributed by atoms with E-state index >= 15 is 0 Å². The SMILES string of the molecule is O=C(O)c1ccc(N2CCN(Cc3ccc(F)cc3Cl)CC2)nn1. The summed E-state index contributed by atoms with van der Waals surface area (Å²) in [6.07, 6.45) is 0. The van der Waals surface area contributed by atoms with Gasteiger partial charge in [0.1, 0.15) is 5.82 Å². The maximum atomic E-state index is 13.1. The highest BCUT2D eigenvalue weighted by atomic mass is 35.5. The van der Waals surface area contributed by atoms with Crippen LogP contribution < -0.4 is 4.90 Å². The van der Waals surface area contributed by atoms with Gasteiger partial charge in [0.15, 0.2) is 11.5 Å². The summed E-state index contributed by atoms with van der Waals surface area (Å²) < 4.78 is 13.1. The molecule has 1 aromatic heterocycles. The third kappa shape index (κ3) is 3.80. The second kappa shape index (κ2) is 7.11. The van der Waals surface area contributed by atoms with Crippen molar-refractivity contribution in [2.75, 3.05) is 31.1 Å². The Morgan fingerprint density at radius 3 is 2.50 bits per heavy atom. The highest BCUT2D eigenvalue weighted by Gasteiger charge is 2.19. The molecule has 1 aliphatic rings. The molecule has 0 atom stereocenters. The molecule has 8 heteroatoms. The third-order valence-electron chi connectivity index (χ3n) is 3.97. The van der Waals surface area contributed by atoms with Crippen LogP contribution in [0.2, 0.25) is 5.02 Å². The van der Waals surface area contributed by atoms with Crippen molar-refractivity contribution in [1.82, 2.24) is 15.1 Å². The minimum atomic E-state index is -1.09. The van der Waals surface area contributed by atoms with Crippen LogP contribution in [0.1, 0.15) is 16.1 Å². The predicted octanol–water partition coefficient (Wildman–Crippen LogP) is 2.29. The van der Waals surface area contributed by atoms with E-state index in [2.05, 4.69) is 20.0 Å². The van der Waals surface area contributed by atoms with E-state index < -0.39 is 5.97 Å². The smallest absolute Gasteiger partial charge is 0.356 e. The largest absolute Gasteiger partial charge is 0.476 e. The molecule has 1 saturated heterocycles. The van der Waals surface area contributed by atoms with Crippen molar-refractivity contribution in [3.05, 3.63) is 52.4 Å². The van der Waals surface area contributed by atoms with E-state index in [0.29, 0.717) is 17.4 Å². The number of nitrogens with zero attached hydrogens (tertiary/aromatic N) is 4. The summed E-state index contributed by atoms with van der Waals surface area (Å²) in [7, 11) is 0. The van der Waals surface area contributed by atoms with Gasteiger partial charge in [0, 0.05) is 37.7 Å². The van der Waals surface area contributed by atoms with E-state index in [1.54, 1.807) is 12.1 Å². The van der Waals surface area contributed by atoms with Crippen molar-refractivity contribution in [2.24, 2.45) is 0 Å². The fraction of sp³-hybridized carbons (Fsp3) is 0.312. The Hall–Kier alpha value is -2.25. The number of aromatic nitrogens is 2. The number of rotatable bonds is 4. The zero-order valence-corrected chi connectivity index (χ0v) is 13.6. The molecule has 0 amide bonds. The number of anilines is 1. The highest BCUT2D eigenvalue weighted by Crippen LogP contribution is 2.20. The predicted molar refractivity (Wildman–Crippen MR) is 87.9 cm³/mol. The molecule has 126 valence electrons. The number of halogens is 2. The third-order valence-corrected chi connectivity index (χ3v) is 4.33. The van der Waals surface area contributed by atoms with Gasteiger partial charge < -0.3 is 10.0 Å². The summed E-state index contributed by atoms with van der Waals surface area (Å²) in [6, 6.07) is 7.57. The van der Waals surface area contributed by atoms with Gasteiger partial charge >= 0.3 is 5.97 Å². The van der Waals surface area contributed by atoms with E-state index in [-0.39, 0.29) is 11.5 Å². The zero-order chi connectivity index (χ0) is 17.1. The van der Waals surface area contributed by atoms with Crippen LogP contribution in [0.15, 0.2) is 30.3 Å². The Morgan fingerprint density at radius 1 is 1.17 bits per heavy atom. The van der Waals surface area contributed by atoms with Crippen LogP contribution in [0.5, 0.6) is 0 Å². The van der Waals surface area contributed by atoms with Gasteiger partial charge in [0.2, 0.25) is 0 Å². The first-order valence-corrected chi connectivity index (χ1v) is 7.89. The summed E-state index contributed by atoms with van der Waals surface area (Å²) in [5.74, 6) is -0.758. The molecule has 24 heavy (non-hydrogen) atoms. The van der Waals surface area contributed by atoms with Gasteiger partial charge in [0.25, 0.3) is 0 Å². The van der Waals surface area contributed by atoms with Crippen LogP contribution in [0.3, 0.4) is 0 Å². The molecule has 0 unspecified atom stereocenters. The molecule has 3 rings (SSSR count). The first-order valence-electron chi connectivity index (χ1n) is 7.51. The monoisotopic (exact) mass is 350 g/mol. The van der Waals surface area contributed by atoms with Gasteiger partial charge in [-0.3, -0.25) is 4.90 Å². The Balaban J connectivity index is 1.58. The Labute approximate surface area is 143 Å². The van der Waals surface area contributed by atoms with Crippen LogP contribution in [-0.2, 0) is 6.54 Å². The topological polar surface area (TPSA) is 69.6 Å². The van der Waals surface area contributed by atoms with Crippen LogP contribution in [0, 0.1) is 5.82 Å². The molecule has 1 aromatic carbocycles. The Morgan fingerprint density at radius 2 is 1.92 bits per heavy atom. The molecule has 1 fully saturated rings. The first kappa shape index (κ1) is 16.6. The number of carboxylic acid groups (broad SMARTS) is 1. The summed E-state index contributed by atoms with van der Waals surface area (Å²) in [4.78, 5) is 15.1. The van der Waals surface area contributed by atoms with E-state index in [1.807, 2.05) is 0 Å². The normalized spacial score (nSPS) is 15.5. The van der Waals surface area contributed by atoms with Gasteiger partial charge in [-0.05, 0) is 29.8 Å². The van der Waals surface area contributed by atoms with Gasteiger partial charge in [-0.25, -0.2) is 9.18 Å². The molecular weight excluding hydrogens is 335 g/mol. The van der Waals surface area contributed by atoms with Gasteiger partial charge in [0.05, 0.1) is 0 Å². The summed E-state index contributed by atoms with van der Waals surface area (Å²) in [5.41, 5.74) is 0.834. The number of hydrogen-bond acceptors (Lipinski definition) is 5. The van der Waals surface area contributed by atoms with Gasteiger partial charge in [-0.15, -0.1) is 10.2 Å². The van der Waals surface area contributed by atoms with E-state index in [9.17, 15) is 9.18 Å². The first-order chi connectivity index (χ1) is 11.5. The lowest BCUT2D eigenvalue weighted by Gasteiger charge is -2.35. The number of carboxylic acids is 1. The molecule has 0 spiro atoms. The van der Waals surface area contributed by atoms with E-state index in [4.69, 9.17) is 16.7 Å². The van der Waals surface area contributed by atoms with Gasteiger partial charge in [-0.2, -0.15) is 0 Å². The van der Waals surface area contributed by atoms with E-state index in [0.717, 1.165) is 31.7 Å². The number of benzene rings is 1. The fourth-order valence-electron chi connectivity index (χ4n) is 2.63. The lowest BCUT2D eigenvalue weighted by Crippen LogP contribution is -2.46. The van der Waals surface area contributed by atoms with Crippen molar-refractivity contribution in [1.29, 1.82) is 0 Å². The Kier molecular flexibility index (Phi) is 4.92. The summed E-state index contributed by atoms with van der Waals surface area (Å²) in [5, 5.41) is 17.0. The van der Waals surface area contributed by atoms with Crippen LogP contribution in [0.4, 0.5) is 10.2 Å². The second-order valence-electron chi connectivity index (χ2n) is 5.58. The van der Waals surface area contributed by atoms with Crippen molar-refractivity contribution in [2.45, 2.75) is 6.54 Å².